The lowest BCUT2D eigenvalue weighted by Gasteiger charge is -2.58. The number of anilines is 3. The Hall–Kier alpha value is -4.05. The molecule has 3 aromatic carbocycles. The minimum Gasteiger partial charge on any atom is -0.338 e. The molecule has 0 saturated carbocycles. The topological polar surface area (TPSA) is 58.1 Å². The first-order valence-electron chi connectivity index (χ1n) is 28.5. The van der Waals surface area contributed by atoms with Gasteiger partial charge in [-0.15, -0.1) is 0 Å². The molecule has 0 spiro atoms. The van der Waals surface area contributed by atoms with Gasteiger partial charge in [0.2, 0.25) is 17.8 Å². The van der Waals surface area contributed by atoms with Gasteiger partial charge in [0.1, 0.15) is 0 Å². The highest BCUT2D eigenvalue weighted by molar-refractivity contribution is 5.49. The van der Waals surface area contributed by atoms with Crippen LogP contribution in [0.5, 0.6) is 0 Å². The molecule has 7 rings (SSSR count). The largest absolute Gasteiger partial charge is 0.338 e. The van der Waals surface area contributed by atoms with E-state index in [1.165, 1.54) is 16.7 Å². The van der Waals surface area contributed by atoms with Crippen LogP contribution in [-0.2, 0) is 19.6 Å². The standard InChI is InChI=1S/C63H99N9/c1-16-19-37-67(52-40-58(4,5)70(59(6,7)41-52)46-49-31-25-22-26-32-49)55-64-56(68(38-20-17-2)53-42-60(8,9)71(61(10,11)43-53)47-50-33-27-23-28-34-50)66-57(65-55)69(39-21-18-3)54-44-62(12,13)72(63(14,15)45-54)48-51-35-29-24-30-36-51/h22-36,52-54H,16-21,37-48H2,1-15H3. The highest BCUT2D eigenvalue weighted by Crippen LogP contribution is 2.46. The number of hydrogen-bond acceptors (Lipinski definition) is 9. The number of likely N-dealkylation sites (tertiary alicyclic amines) is 3. The predicted molar refractivity (Wildman–Crippen MR) is 306 cm³/mol. The van der Waals surface area contributed by atoms with E-state index in [0.29, 0.717) is 0 Å². The second kappa shape index (κ2) is 22.8. The van der Waals surface area contributed by atoms with E-state index in [2.05, 4.69) is 224 Å². The molecule has 0 unspecified atom stereocenters. The number of benzene rings is 3. The van der Waals surface area contributed by atoms with Gasteiger partial charge in [-0.2, -0.15) is 15.0 Å². The summed E-state index contributed by atoms with van der Waals surface area (Å²) in [6, 6.07) is 34.1. The van der Waals surface area contributed by atoms with Gasteiger partial charge in [0, 0.05) is 90.6 Å². The van der Waals surface area contributed by atoms with E-state index < -0.39 is 0 Å². The number of rotatable bonds is 21. The number of hydrogen-bond donors (Lipinski definition) is 0. The Kier molecular flexibility index (Phi) is 17.7. The van der Waals surface area contributed by atoms with Crippen LogP contribution >= 0.6 is 0 Å². The maximum absolute atomic E-state index is 5.85. The van der Waals surface area contributed by atoms with Crippen LogP contribution in [0.15, 0.2) is 91.0 Å². The summed E-state index contributed by atoms with van der Waals surface area (Å²) in [7, 11) is 0. The van der Waals surface area contributed by atoms with Crippen LogP contribution in [0.4, 0.5) is 17.8 Å². The molecule has 396 valence electrons. The summed E-state index contributed by atoms with van der Waals surface area (Å²) in [5, 5.41) is 0. The third-order valence-corrected chi connectivity index (χ3v) is 17.3. The molecule has 4 heterocycles. The average Bonchev–Trinajstić information content (AvgIpc) is 3.31. The van der Waals surface area contributed by atoms with Gasteiger partial charge in [-0.1, -0.05) is 131 Å². The first kappa shape index (κ1) is 55.7. The van der Waals surface area contributed by atoms with Gasteiger partial charge in [-0.3, -0.25) is 14.7 Å². The van der Waals surface area contributed by atoms with Crippen molar-refractivity contribution in [2.24, 2.45) is 0 Å². The zero-order valence-electron chi connectivity index (χ0n) is 48.1. The molecule has 0 N–H and O–H groups in total. The third-order valence-electron chi connectivity index (χ3n) is 17.3. The zero-order valence-corrected chi connectivity index (χ0v) is 48.1. The van der Waals surface area contributed by atoms with Crippen molar-refractivity contribution < 1.29 is 0 Å². The summed E-state index contributed by atoms with van der Waals surface area (Å²) in [5.74, 6) is 2.62. The Labute approximate surface area is 439 Å². The van der Waals surface area contributed by atoms with Crippen molar-refractivity contribution in [3.63, 3.8) is 0 Å². The van der Waals surface area contributed by atoms with E-state index in [1.807, 2.05) is 0 Å². The first-order valence-corrected chi connectivity index (χ1v) is 28.5. The first-order chi connectivity index (χ1) is 34.0. The fourth-order valence-corrected chi connectivity index (χ4v) is 14.1. The highest BCUT2D eigenvalue weighted by atomic mass is 15.4. The molecule has 0 amide bonds. The van der Waals surface area contributed by atoms with Gasteiger partial charge in [-0.25, -0.2) is 0 Å². The van der Waals surface area contributed by atoms with E-state index in [-0.39, 0.29) is 51.4 Å². The molecule has 9 nitrogen and oxygen atoms in total. The van der Waals surface area contributed by atoms with Crippen LogP contribution in [0.25, 0.3) is 0 Å². The van der Waals surface area contributed by atoms with Crippen molar-refractivity contribution in [3.05, 3.63) is 108 Å². The number of piperidine rings is 3. The molecule has 3 aliphatic rings. The van der Waals surface area contributed by atoms with Gasteiger partial charge < -0.3 is 14.7 Å². The molecule has 0 atom stereocenters. The van der Waals surface area contributed by atoms with E-state index in [4.69, 9.17) is 15.0 Å². The van der Waals surface area contributed by atoms with Crippen molar-refractivity contribution in [1.82, 2.24) is 29.7 Å². The van der Waals surface area contributed by atoms with Gasteiger partial charge in [-0.05, 0) is 158 Å². The molecule has 3 saturated heterocycles. The average molecular weight is 983 g/mol. The molecule has 1 aromatic heterocycles. The molecule has 9 heteroatoms. The Morgan fingerprint density at radius 1 is 0.361 bits per heavy atom. The third kappa shape index (κ3) is 13.1. The van der Waals surface area contributed by atoms with Gasteiger partial charge in [0.15, 0.2) is 0 Å². The van der Waals surface area contributed by atoms with Crippen molar-refractivity contribution in [3.8, 4) is 0 Å². The molecular formula is C63H99N9. The summed E-state index contributed by atoms with van der Waals surface area (Å²) >= 11 is 0. The maximum atomic E-state index is 5.85. The molecule has 4 aromatic rings. The number of unbranched alkanes of at least 4 members (excludes halogenated alkanes) is 3. The number of nitrogens with zero attached hydrogens (tertiary/aromatic N) is 9. The molecule has 0 bridgehead atoms. The molecule has 3 fully saturated rings. The van der Waals surface area contributed by atoms with E-state index >= 15 is 0 Å². The molecule has 0 aliphatic carbocycles. The van der Waals surface area contributed by atoms with Gasteiger partial charge in [0.05, 0.1) is 0 Å². The Balaban J connectivity index is 1.34. The summed E-state index contributed by atoms with van der Waals surface area (Å²) in [5.41, 5.74) is 3.80. The fourth-order valence-electron chi connectivity index (χ4n) is 14.1. The lowest BCUT2D eigenvalue weighted by atomic mass is 9.76. The van der Waals surface area contributed by atoms with E-state index in [1.54, 1.807) is 0 Å². The van der Waals surface area contributed by atoms with Crippen molar-refractivity contribution >= 4 is 17.8 Å². The highest BCUT2D eigenvalue weighted by Gasteiger charge is 2.51. The van der Waals surface area contributed by atoms with Crippen LogP contribution in [0.2, 0.25) is 0 Å². The quantitative estimate of drug-likeness (QED) is 0.0812. The minimum absolute atomic E-state index is 0.0541. The van der Waals surface area contributed by atoms with Crippen LogP contribution in [0.3, 0.4) is 0 Å². The summed E-state index contributed by atoms with van der Waals surface area (Å²) < 4.78 is 0. The second-order valence-corrected chi connectivity index (χ2v) is 26.2. The zero-order chi connectivity index (χ0) is 52.1. The molecule has 0 radical (unpaired) electrons. The predicted octanol–water partition coefficient (Wildman–Crippen LogP) is 14.4. The monoisotopic (exact) mass is 982 g/mol. The molecule has 3 aliphatic heterocycles. The molecular weight excluding hydrogens is 883 g/mol. The maximum Gasteiger partial charge on any atom is 0.232 e. The van der Waals surface area contributed by atoms with Crippen molar-refractivity contribution in [2.45, 2.75) is 252 Å². The van der Waals surface area contributed by atoms with Crippen molar-refractivity contribution in [1.29, 1.82) is 0 Å². The van der Waals surface area contributed by atoms with Gasteiger partial charge in [0.25, 0.3) is 0 Å². The van der Waals surface area contributed by atoms with Crippen LogP contribution in [0.1, 0.15) is 198 Å². The van der Waals surface area contributed by atoms with Gasteiger partial charge >= 0.3 is 0 Å². The summed E-state index contributed by atoms with van der Waals surface area (Å²) in [4.78, 5) is 33.9. The Morgan fingerprint density at radius 2 is 0.569 bits per heavy atom. The normalized spacial score (nSPS) is 21.4. The van der Waals surface area contributed by atoms with E-state index in [9.17, 15) is 0 Å². The lowest BCUT2D eigenvalue weighted by Crippen LogP contribution is -2.64. The van der Waals surface area contributed by atoms with E-state index in [0.717, 1.165) is 134 Å². The SMILES string of the molecule is CCCCN(c1nc(N(CCCC)C2CC(C)(C)N(Cc3ccccc3)C(C)(C)C2)nc(N(CCCC)C2CC(C)(C)N(Cc3ccccc3)C(C)(C)C2)n1)C1CC(C)(C)N(Cc2ccccc2)C(C)(C)C1. The lowest BCUT2D eigenvalue weighted by molar-refractivity contribution is -0.0433. The smallest absolute Gasteiger partial charge is 0.232 e. The second-order valence-electron chi connectivity index (χ2n) is 26.2. The fraction of sp³-hybridized carbons (Fsp3) is 0.667. The van der Waals surface area contributed by atoms with Crippen LogP contribution in [0, 0.1) is 0 Å². The minimum atomic E-state index is -0.0541. The van der Waals surface area contributed by atoms with Crippen LogP contribution in [-0.4, -0.2) is 101 Å². The summed E-state index contributed by atoms with van der Waals surface area (Å²) in [6.07, 6.45) is 12.8. The number of aromatic nitrogens is 3. The van der Waals surface area contributed by atoms with Crippen molar-refractivity contribution in [2.75, 3.05) is 34.3 Å². The van der Waals surface area contributed by atoms with Crippen LogP contribution < -0.4 is 14.7 Å². The summed E-state index contributed by atoms with van der Waals surface area (Å²) in [6.45, 7) is 42.3. The molecule has 72 heavy (non-hydrogen) atoms. The Bertz CT molecular complexity index is 1970. The Morgan fingerprint density at radius 3 is 0.764 bits per heavy atom.